The summed E-state index contributed by atoms with van der Waals surface area (Å²) in [6.07, 6.45) is 3.03. The maximum absolute atomic E-state index is 12.5. The Balaban J connectivity index is 2.01. The summed E-state index contributed by atoms with van der Waals surface area (Å²) in [7, 11) is 0. The van der Waals surface area contributed by atoms with E-state index in [4.69, 9.17) is 5.11 Å². The number of hydrogen-bond acceptors (Lipinski definition) is 3. The average Bonchev–Trinajstić information content (AvgIpc) is 2.39. The summed E-state index contributed by atoms with van der Waals surface area (Å²) in [6.45, 7) is 4.12. The summed E-state index contributed by atoms with van der Waals surface area (Å²) >= 11 is 1.73. The Hall–Kier alpha value is -1.17. The predicted molar refractivity (Wildman–Crippen MR) is 75.4 cm³/mol. The fraction of sp³-hybridized carbons (Fsp3) is 0.692. The molecule has 0 bridgehead atoms. The monoisotopic (exact) mass is 284 g/mol. The largest absolute Gasteiger partial charge is 0.481 e. The molecule has 0 aromatic rings. The molecule has 2 aliphatic heterocycles. The van der Waals surface area contributed by atoms with Crippen molar-refractivity contribution in [3.63, 3.8) is 0 Å². The first-order valence-corrected chi connectivity index (χ1v) is 7.74. The second kappa shape index (κ2) is 6.32. The van der Waals surface area contributed by atoms with Crippen LogP contribution in [0.2, 0.25) is 0 Å². The van der Waals surface area contributed by atoms with E-state index in [9.17, 15) is 9.59 Å². The summed E-state index contributed by atoms with van der Waals surface area (Å²) in [5, 5.41) is 8.94. The fourth-order valence-electron chi connectivity index (χ4n) is 2.40. The number of hydrogen-bond donors (Lipinski definition) is 1. The van der Waals surface area contributed by atoms with E-state index in [0.29, 0.717) is 13.1 Å². The van der Waals surface area contributed by atoms with Crippen LogP contribution in [0.4, 0.5) is 4.79 Å². The van der Waals surface area contributed by atoms with E-state index in [0.717, 1.165) is 24.5 Å². The third-order valence-electron chi connectivity index (χ3n) is 3.59. The number of aliphatic carboxylic acids is 1. The lowest BCUT2D eigenvalue weighted by Crippen LogP contribution is -2.53. The molecule has 1 saturated heterocycles. The molecule has 0 spiro atoms. The molecule has 0 aromatic carbocycles. The molecular formula is C13H20N2O3S. The van der Waals surface area contributed by atoms with Crippen molar-refractivity contribution >= 4 is 23.8 Å². The van der Waals surface area contributed by atoms with Gasteiger partial charge in [-0.25, -0.2) is 4.79 Å². The van der Waals surface area contributed by atoms with Crippen molar-refractivity contribution in [3.05, 3.63) is 11.6 Å². The zero-order valence-electron chi connectivity index (χ0n) is 11.2. The van der Waals surface area contributed by atoms with Crippen LogP contribution in [0.5, 0.6) is 0 Å². The Labute approximate surface area is 117 Å². The summed E-state index contributed by atoms with van der Waals surface area (Å²) < 4.78 is 0. The van der Waals surface area contributed by atoms with E-state index >= 15 is 0 Å². The molecule has 0 radical (unpaired) electrons. The van der Waals surface area contributed by atoms with Gasteiger partial charge in [0.15, 0.2) is 0 Å². The number of rotatable bonds is 2. The first-order chi connectivity index (χ1) is 9.08. The van der Waals surface area contributed by atoms with Crippen LogP contribution < -0.4 is 0 Å². The Morgan fingerprint density at radius 1 is 1.47 bits per heavy atom. The first-order valence-electron chi connectivity index (χ1n) is 6.58. The molecule has 106 valence electrons. The van der Waals surface area contributed by atoms with Crippen LogP contribution in [0, 0.1) is 0 Å². The normalized spacial score (nSPS) is 24.1. The van der Waals surface area contributed by atoms with Gasteiger partial charge >= 0.3 is 12.0 Å². The minimum absolute atomic E-state index is 0.00435. The third-order valence-corrected chi connectivity index (χ3v) is 4.68. The van der Waals surface area contributed by atoms with Crippen molar-refractivity contribution in [2.75, 3.05) is 31.1 Å². The quantitative estimate of drug-likeness (QED) is 0.783. The van der Waals surface area contributed by atoms with E-state index in [-0.39, 0.29) is 18.5 Å². The van der Waals surface area contributed by atoms with E-state index < -0.39 is 5.97 Å². The van der Waals surface area contributed by atoms with Gasteiger partial charge in [-0.1, -0.05) is 11.6 Å². The fourth-order valence-corrected chi connectivity index (χ4v) is 3.47. The molecule has 6 heteroatoms. The zero-order chi connectivity index (χ0) is 13.8. The number of carbonyl (C=O) groups excluding carboxylic acids is 1. The van der Waals surface area contributed by atoms with Gasteiger partial charge in [-0.2, -0.15) is 11.8 Å². The molecule has 0 aromatic heterocycles. The molecule has 2 rings (SSSR count). The molecular weight excluding hydrogens is 264 g/mol. The Morgan fingerprint density at radius 3 is 2.89 bits per heavy atom. The molecule has 2 amide bonds. The van der Waals surface area contributed by atoms with Gasteiger partial charge in [0.2, 0.25) is 0 Å². The van der Waals surface area contributed by atoms with Crippen molar-refractivity contribution in [3.8, 4) is 0 Å². The minimum Gasteiger partial charge on any atom is -0.481 e. The van der Waals surface area contributed by atoms with Gasteiger partial charge in [0.25, 0.3) is 0 Å². The molecule has 19 heavy (non-hydrogen) atoms. The summed E-state index contributed by atoms with van der Waals surface area (Å²) in [5.41, 5.74) is 1.32. The highest BCUT2D eigenvalue weighted by Gasteiger charge is 2.31. The van der Waals surface area contributed by atoms with Crippen LogP contribution in [0.3, 0.4) is 0 Å². The number of nitrogens with zero attached hydrogens (tertiary/aromatic N) is 2. The van der Waals surface area contributed by atoms with Crippen LogP contribution in [0.15, 0.2) is 11.6 Å². The van der Waals surface area contributed by atoms with E-state index in [1.54, 1.807) is 16.7 Å². The Bertz CT molecular complexity index is 397. The lowest BCUT2D eigenvalue weighted by atomic mass is 10.1. The molecule has 1 atom stereocenters. The van der Waals surface area contributed by atoms with Crippen molar-refractivity contribution in [2.45, 2.75) is 25.8 Å². The van der Waals surface area contributed by atoms with E-state index in [1.165, 1.54) is 5.57 Å². The molecule has 0 aliphatic carbocycles. The van der Waals surface area contributed by atoms with Crippen molar-refractivity contribution < 1.29 is 14.7 Å². The SMILES string of the molecule is CC1=CCN(C(=O)N2CCSCC2CC(=O)O)CC1. The summed E-state index contributed by atoms with van der Waals surface area (Å²) in [5.74, 6) is 0.783. The predicted octanol–water partition coefficient (Wildman–Crippen LogP) is 1.65. The zero-order valence-corrected chi connectivity index (χ0v) is 12.0. The number of urea groups is 1. The Morgan fingerprint density at radius 2 is 2.26 bits per heavy atom. The van der Waals surface area contributed by atoms with Gasteiger partial charge in [0, 0.05) is 31.1 Å². The number of carboxylic acids is 1. The van der Waals surface area contributed by atoms with Crippen LogP contribution in [-0.2, 0) is 4.79 Å². The molecule has 1 N–H and O–H groups in total. The van der Waals surface area contributed by atoms with Gasteiger partial charge in [0.05, 0.1) is 12.5 Å². The maximum Gasteiger partial charge on any atom is 0.320 e. The molecule has 0 saturated carbocycles. The lowest BCUT2D eigenvalue weighted by Gasteiger charge is -2.39. The van der Waals surface area contributed by atoms with E-state index in [1.807, 2.05) is 4.90 Å². The minimum atomic E-state index is -0.834. The van der Waals surface area contributed by atoms with Crippen molar-refractivity contribution in [1.82, 2.24) is 9.80 Å². The Kier molecular flexibility index (Phi) is 4.74. The van der Waals surface area contributed by atoms with Crippen LogP contribution in [0.1, 0.15) is 19.8 Å². The van der Waals surface area contributed by atoms with Gasteiger partial charge in [-0.05, 0) is 13.3 Å². The first kappa shape index (κ1) is 14.2. The number of carbonyl (C=O) groups is 2. The highest BCUT2D eigenvalue weighted by molar-refractivity contribution is 7.99. The van der Waals surface area contributed by atoms with Gasteiger partial charge < -0.3 is 14.9 Å². The highest BCUT2D eigenvalue weighted by atomic mass is 32.2. The summed E-state index contributed by atoms with van der Waals surface area (Å²) in [4.78, 5) is 26.9. The lowest BCUT2D eigenvalue weighted by molar-refractivity contribution is -0.138. The van der Waals surface area contributed by atoms with Crippen LogP contribution in [0.25, 0.3) is 0 Å². The van der Waals surface area contributed by atoms with Crippen molar-refractivity contribution in [1.29, 1.82) is 0 Å². The smallest absolute Gasteiger partial charge is 0.320 e. The molecule has 2 aliphatic rings. The summed E-state index contributed by atoms with van der Waals surface area (Å²) in [6, 6.07) is -0.175. The van der Waals surface area contributed by atoms with Gasteiger partial charge in [0.1, 0.15) is 0 Å². The second-order valence-corrected chi connectivity index (χ2v) is 6.20. The third kappa shape index (κ3) is 3.65. The second-order valence-electron chi connectivity index (χ2n) is 5.05. The number of carboxylic acid groups (broad SMARTS) is 1. The topological polar surface area (TPSA) is 60.9 Å². The van der Waals surface area contributed by atoms with Crippen molar-refractivity contribution in [2.24, 2.45) is 0 Å². The highest BCUT2D eigenvalue weighted by Crippen LogP contribution is 2.21. The van der Waals surface area contributed by atoms with Crippen LogP contribution in [-0.4, -0.2) is 64.1 Å². The molecule has 1 unspecified atom stereocenters. The average molecular weight is 284 g/mol. The van der Waals surface area contributed by atoms with E-state index in [2.05, 4.69) is 13.0 Å². The van der Waals surface area contributed by atoms with Crippen LogP contribution >= 0.6 is 11.8 Å². The van der Waals surface area contributed by atoms with Gasteiger partial charge in [-0.15, -0.1) is 0 Å². The molecule has 5 nitrogen and oxygen atoms in total. The molecule has 2 heterocycles. The number of amides is 2. The number of thioether (sulfide) groups is 1. The standard InChI is InChI=1S/C13H20N2O3S/c1-10-2-4-14(5-3-10)13(18)15-6-7-19-9-11(15)8-12(16)17/h2,11H,3-9H2,1H3,(H,16,17). The molecule has 1 fully saturated rings. The maximum atomic E-state index is 12.5. The van der Waals surface area contributed by atoms with Gasteiger partial charge in [-0.3, -0.25) is 4.79 Å².